The molecule has 10 heteroatoms. The number of benzene rings is 1. The summed E-state index contributed by atoms with van der Waals surface area (Å²) in [5.41, 5.74) is -0.974. The van der Waals surface area contributed by atoms with Crippen LogP contribution in [0.3, 0.4) is 0 Å². The maximum absolute atomic E-state index is 12.4. The van der Waals surface area contributed by atoms with E-state index in [4.69, 9.17) is 4.74 Å². The number of carbonyl (C=O) groups excluding carboxylic acids is 2. The Kier molecular flexibility index (Phi) is 6.10. The average molecular weight is 365 g/mol. The first-order chi connectivity index (χ1) is 12.3. The van der Waals surface area contributed by atoms with Crippen molar-refractivity contribution in [2.45, 2.75) is 25.8 Å². The average Bonchev–Trinajstić information content (AvgIpc) is 2.61. The summed E-state index contributed by atoms with van der Waals surface area (Å²) in [7, 11) is 0. The first-order valence-corrected chi connectivity index (χ1v) is 8.07. The first kappa shape index (κ1) is 19.2. The van der Waals surface area contributed by atoms with Gasteiger partial charge >= 0.3 is 12.1 Å². The third-order valence-electron chi connectivity index (χ3n) is 4.05. The molecule has 26 heavy (non-hydrogen) atoms. The fourth-order valence-corrected chi connectivity index (χ4v) is 2.71. The lowest BCUT2D eigenvalue weighted by atomic mass is 10.0. The van der Waals surface area contributed by atoms with Crippen LogP contribution in [0.4, 0.5) is 10.5 Å². The van der Waals surface area contributed by atoms with Gasteiger partial charge in [0.2, 0.25) is 0 Å². The molecule has 2 rings (SSSR count). The minimum Gasteiger partial charge on any atom is -0.478 e. The molecule has 0 unspecified atom stereocenters. The van der Waals surface area contributed by atoms with Gasteiger partial charge in [-0.1, -0.05) is 0 Å². The summed E-state index contributed by atoms with van der Waals surface area (Å²) in [6, 6.07) is 2.85. The molecule has 0 spiro atoms. The normalized spacial score (nSPS) is 14.6. The number of hydrogen-bond donors (Lipinski definition) is 2. The quantitative estimate of drug-likeness (QED) is 0.597. The minimum atomic E-state index is -1.42. The number of ether oxygens (including phenoxy) is 1. The summed E-state index contributed by atoms with van der Waals surface area (Å²) >= 11 is 0. The van der Waals surface area contributed by atoms with Crippen LogP contribution in [0.15, 0.2) is 18.2 Å². The number of nitrogens with zero attached hydrogens (tertiary/aromatic N) is 2. The summed E-state index contributed by atoms with van der Waals surface area (Å²) in [5, 5.41) is 22.7. The number of likely N-dealkylation sites (tertiary alicyclic amines) is 1. The van der Waals surface area contributed by atoms with Crippen molar-refractivity contribution in [1.82, 2.24) is 10.2 Å². The molecule has 0 atom stereocenters. The maximum Gasteiger partial charge on any atom is 0.409 e. The van der Waals surface area contributed by atoms with E-state index in [0.717, 1.165) is 18.2 Å². The predicted octanol–water partition coefficient (Wildman–Crippen LogP) is 1.64. The van der Waals surface area contributed by atoms with Crippen molar-refractivity contribution < 1.29 is 29.2 Å². The van der Waals surface area contributed by atoms with E-state index >= 15 is 0 Å². The molecule has 1 aromatic rings. The van der Waals surface area contributed by atoms with Crippen LogP contribution in [0.5, 0.6) is 0 Å². The van der Waals surface area contributed by atoms with Gasteiger partial charge in [0, 0.05) is 31.3 Å². The zero-order valence-electron chi connectivity index (χ0n) is 14.1. The number of nitro groups is 1. The molecule has 0 aliphatic carbocycles. The third-order valence-corrected chi connectivity index (χ3v) is 4.05. The number of carboxylic acids is 1. The maximum atomic E-state index is 12.4. The number of carbonyl (C=O) groups is 3. The summed E-state index contributed by atoms with van der Waals surface area (Å²) in [5.74, 6) is -2.04. The Morgan fingerprint density at radius 3 is 2.50 bits per heavy atom. The van der Waals surface area contributed by atoms with E-state index < -0.39 is 34.1 Å². The molecule has 10 nitrogen and oxygen atoms in total. The number of amides is 2. The molecular weight excluding hydrogens is 346 g/mol. The van der Waals surface area contributed by atoms with Gasteiger partial charge in [0.1, 0.15) is 0 Å². The largest absolute Gasteiger partial charge is 0.478 e. The molecule has 1 aromatic carbocycles. The van der Waals surface area contributed by atoms with Crippen molar-refractivity contribution in [2.24, 2.45) is 0 Å². The molecule has 140 valence electrons. The smallest absolute Gasteiger partial charge is 0.409 e. The van der Waals surface area contributed by atoms with Crippen LogP contribution in [-0.4, -0.2) is 58.6 Å². The second-order valence-corrected chi connectivity index (χ2v) is 5.73. The Hall–Kier alpha value is -3.17. The van der Waals surface area contributed by atoms with Crippen LogP contribution >= 0.6 is 0 Å². The van der Waals surface area contributed by atoms with Crippen molar-refractivity contribution in [3.05, 3.63) is 39.4 Å². The highest BCUT2D eigenvalue weighted by Crippen LogP contribution is 2.19. The number of aromatic carboxylic acids is 1. The monoisotopic (exact) mass is 365 g/mol. The second kappa shape index (κ2) is 8.28. The molecule has 0 bridgehead atoms. The van der Waals surface area contributed by atoms with Gasteiger partial charge in [-0.05, 0) is 25.8 Å². The number of nitrogens with one attached hydrogen (secondary N) is 1. The number of nitro benzene ring substituents is 1. The van der Waals surface area contributed by atoms with Crippen LogP contribution in [0.1, 0.15) is 40.5 Å². The Bertz CT molecular complexity index is 727. The van der Waals surface area contributed by atoms with Gasteiger partial charge in [-0.3, -0.25) is 14.9 Å². The number of non-ortho nitro benzene ring substituents is 1. The molecular formula is C16H19N3O7. The predicted molar refractivity (Wildman–Crippen MR) is 89.1 cm³/mol. The Morgan fingerprint density at radius 1 is 1.31 bits per heavy atom. The fraction of sp³-hybridized carbons (Fsp3) is 0.438. The summed E-state index contributed by atoms with van der Waals surface area (Å²) in [4.78, 5) is 46.9. The standard InChI is InChI=1S/C16H19N3O7/c1-2-26-16(23)18-7-5-10(6-8-18)17-14(20)12-4-3-11(19(24)25)9-13(12)15(21)22/h3-4,9-10H,2,5-8H2,1H3,(H,17,20)(H,21,22). The van der Waals surface area contributed by atoms with Crippen molar-refractivity contribution in [3.63, 3.8) is 0 Å². The highest BCUT2D eigenvalue weighted by Gasteiger charge is 2.27. The van der Waals surface area contributed by atoms with Gasteiger partial charge in [0.15, 0.2) is 0 Å². The molecule has 0 radical (unpaired) electrons. The molecule has 1 aliphatic heterocycles. The van der Waals surface area contributed by atoms with E-state index in [1.807, 2.05) is 0 Å². The zero-order chi connectivity index (χ0) is 19.3. The summed E-state index contributed by atoms with van der Waals surface area (Å²) in [6.07, 6.45) is 0.598. The Balaban J connectivity index is 2.04. The summed E-state index contributed by atoms with van der Waals surface area (Å²) < 4.78 is 4.92. The first-order valence-electron chi connectivity index (χ1n) is 8.07. The van der Waals surface area contributed by atoms with Crippen molar-refractivity contribution in [3.8, 4) is 0 Å². The van der Waals surface area contributed by atoms with E-state index in [1.165, 1.54) is 0 Å². The molecule has 1 fully saturated rings. The lowest BCUT2D eigenvalue weighted by molar-refractivity contribution is -0.384. The molecule has 1 aliphatic rings. The van der Waals surface area contributed by atoms with Crippen LogP contribution in [0.25, 0.3) is 0 Å². The molecule has 1 saturated heterocycles. The summed E-state index contributed by atoms with van der Waals surface area (Å²) in [6.45, 7) is 2.83. The number of hydrogen-bond acceptors (Lipinski definition) is 6. The molecule has 0 saturated carbocycles. The van der Waals surface area contributed by atoms with Gasteiger partial charge in [0.05, 0.1) is 22.7 Å². The van der Waals surface area contributed by atoms with E-state index in [9.17, 15) is 29.6 Å². The van der Waals surface area contributed by atoms with Gasteiger partial charge in [-0.15, -0.1) is 0 Å². The lowest BCUT2D eigenvalue weighted by Gasteiger charge is -2.31. The topological polar surface area (TPSA) is 139 Å². The van der Waals surface area contributed by atoms with Crippen LogP contribution in [0, 0.1) is 10.1 Å². The van der Waals surface area contributed by atoms with Gasteiger partial charge in [-0.2, -0.15) is 0 Å². The van der Waals surface area contributed by atoms with Crippen molar-refractivity contribution in [1.29, 1.82) is 0 Å². The molecule has 0 aromatic heterocycles. The van der Waals surface area contributed by atoms with Gasteiger partial charge < -0.3 is 20.1 Å². The molecule has 2 amide bonds. The highest BCUT2D eigenvalue weighted by atomic mass is 16.6. The van der Waals surface area contributed by atoms with Crippen LogP contribution in [-0.2, 0) is 4.74 Å². The minimum absolute atomic E-state index is 0.143. The zero-order valence-corrected chi connectivity index (χ0v) is 14.1. The lowest BCUT2D eigenvalue weighted by Crippen LogP contribution is -2.46. The second-order valence-electron chi connectivity index (χ2n) is 5.73. The highest BCUT2D eigenvalue weighted by molar-refractivity contribution is 6.05. The van der Waals surface area contributed by atoms with Gasteiger partial charge in [0.25, 0.3) is 11.6 Å². The SMILES string of the molecule is CCOC(=O)N1CCC(NC(=O)c2ccc([N+](=O)[O-])cc2C(=O)O)CC1. The number of piperidine rings is 1. The third kappa shape index (κ3) is 4.47. The Labute approximate surface area is 148 Å². The van der Waals surface area contributed by atoms with E-state index in [-0.39, 0.29) is 18.2 Å². The van der Waals surface area contributed by atoms with Crippen LogP contribution in [0.2, 0.25) is 0 Å². The van der Waals surface area contributed by atoms with Gasteiger partial charge in [-0.25, -0.2) is 9.59 Å². The van der Waals surface area contributed by atoms with Crippen molar-refractivity contribution in [2.75, 3.05) is 19.7 Å². The molecule has 1 heterocycles. The van der Waals surface area contributed by atoms with E-state index in [1.54, 1.807) is 11.8 Å². The van der Waals surface area contributed by atoms with E-state index in [2.05, 4.69) is 5.32 Å². The van der Waals surface area contributed by atoms with Crippen molar-refractivity contribution >= 4 is 23.7 Å². The number of carboxylic acid groups (broad SMARTS) is 1. The Morgan fingerprint density at radius 2 is 1.96 bits per heavy atom. The van der Waals surface area contributed by atoms with Crippen LogP contribution < -0.4 is 5.32 Å². The van der Waals surface area contributed by atoms with E-state index in [0.29, 0.717) is 25.9 Å². The molecule has 2 N–H and O–H groups in total. The number of rotatable bonds is 5. The fourth-order valence-electron chi connectivity index (χ4n) is 2.71.